The molecule has 3 aromatic carbocycles. The molecule has 6 rings (SSSR count). The molecule has 0 N–H and O–H groups in total. The molecule has 2 aliphatic rings. The van der Waals surface area contributed by atoms with E-state index in [1.807, 2.05) is 40.5 Å². The lowest BCUT2D eigenvalue weighted by Crippen LogP contribution is -2.35. The predicted molar refractivity (Wildman–Crippen MR) is 155 cm³/mol. The Kier molecular flexibility index (Phi) is 7.39. The van der Waals surface area contributed by atoms with Gasteiger partial charge in [-0.05, 0) is 90.6 Å². The van der Waals surface area contributed by atoms with Crippen LogP contribution < -0.4 is 0 Å². The van der Waals surface area contributed by atoms with E-state index in [0.29, 0.717) is 0 Å². The molecule has 3 heterocycles. The van der Waals surface area contributed by atoms with Gasteiger partial charge in [-0.15, -0.1) is 11.3 Å². The minimum Gasteiger partial charge on any atom is -0.339 e. The summed E-state index contributed by atoms with van der Waals surface area (Å²) in [5.41, 5.74) is 5.80. The third kappa shape index (κ3) is 5.45. The van der Waals surface area contributed by atoms with Gasteiger partial charge in [0.1, 0.15) is 5.82 Å². The molecule has 0 aliphatic carbocycles. The second kappa shape index (κ2) is 11.2. The molecule has 3 nitrogen and oxygen atoms in total. The molecular weight excluding hydrogens is 491 g/mol. The highest BCUT2D eigenvalue weighted by atomic mass is 32.1. The molecule has 2 saturated heterocycles. The highest BCUT2D eigenvalue weighted by Crippen LogP contribution is 2.38. The summed E-state index contributed by atoms with van der Waals surface area (Å²) in [6.07, 6.45) is 5.40. The maximum atomic E-state index is 13.8. The van der Waals surface area contributed by atoms with Crippen LogP contribution in [0, 0.1) is 5.82 Å². The highest BCUT2D eigenvalue weighted by molar-refractivity contribution is 7.20. The summed E-state index contributed by atoms with van der Waals surface area (Å²) in [5.74, 6) is -0.0343. The number of fused-ring (bicyclic) bond motifs is 1. The summed E-state index contributed by atoms with van der Waals surface area (Å²) in [4.78, 5) is 18.7. The molecule has 0 saturated carbocycles. The van der Waals surface area contributed by atoms with Gasteiger partial charge >= 0.3 is 0 Å². The summed E-state index contributed by atoms with van der Waals surface area (Å²) in [7, 11) is 0. The molecule has 1 amide bonds. The van der Waals surface area contributed by atoms with Crippen molar-refractivity contribution >= 4 is 32.9 Å². The van der Waals surface area contributed by atoms with Gasteiger partial charge in [-0.3, -0.25) is 9.69 Å². The minimum atomic E-state index is -0.203. The highest BCUT2D eigenvalue weighted by Gasteiger charge is 2.22. The lowest BCUT2D eigenvalue weighted by molar-refractivity contribution is 0.0724. The number of amides is 1. The van der Waals surface area contributed by atoms with Crippen LogP contribution in [0.2, 0.25) is 0 Å². The molecular formula is C33H33FN2OS. The second-order valence-electron chi connectivity index (χ2n) is 10.5. The monoisotopic (exact) mass is 524 g/mol. The fraction of sp³-hybridized carbons (Fsp3) is 0.303. The lowest BCUT2D eigenvalue weighted by atomic mass is 9.91. The molecule has 0 unspecified atom stereocenters. The van der Waals surface area contributed by atoms with E-state index in [-0.39, 0.29) is 11.7 Å². The maximum absolute atomic E-state index is 13.8. The van der Waals surface area contributed by atoms with Gasteiger partial charge in [-0.2, -0.15) is 0 Å². The number of hydrogen-bond acceptors (Lipinski definition) is 3. The van der Waals surface area contributed by atoms with E-state index < -0.39 is 0 Å². The molecule has 4 aromatic rings. The van der Waals surface area contributed by atoms with Crippen LogP contribution in [0.4, 0.5) is 4.39 Å². The molecule has 1 aromatic heterocycles. The normalized spacial score (nSPS) is 16.7. The average molecular weight is 525 g/mol. The SMILES string of the molecule is O=C(c1cccc(CN2CCC(=C(c3ccc(F)cc3)c3cc4ccccc4s3)CC2)c1)N1CCCCC1. The van der Waals surface area contributed by atoms with E-state index in [1.165, 1.54) is 38.1 Å². The average Bonchev–Trinajstić information content (AvgIpc) is 3.39. The van der Waals surface area contributed by atoms with E-state index >= 15 is 0 Å². The predicted octanol–water partition coefficient (Wildman–Crippen LogP) is 7.76. The molecule has 38 heavy (non-hydrogen) atoms. The second-order valence-corrected chi connectivity index (χ2v) is 11.5. The van der Waals surface area contributed by atoms with Crippen LogP contribution in [0.3, 0.4) is 0 Å². The standard InChI is InChI=1S/C33H33FN2OS/c34-29-13-11-25(12-14-29)32(31-22-27-8-2-3-10-30(27)38-31)26-15-19-35(20-16-26)23-24-7-6-9-28(21-24)33(37)36-17-4-1-5-18-36/h2-3,6-14,21-22H,1,4-5,15-20,23H2. The summed E-state index contributed by atoms with van der Waals surface area (Å²) in [5, 5.41) is 1.25. The van der Waals surface area contributed by atoms with Crippen LogP contribution >= 0.6 is 11.3 Å². The van der Waals surface area contributed by atoms with Crippen molar-refractivity contribution in [1.82, 2.24) is 9.80 Å². The maximum Gasteiger partial charge on any atom is 0.253 e. The van der Waals surface area contributed by atoms with Crippen molar-refractivity contribution in [2.75, 3.05) is 26.2 Å². The Labute approximate surface area is 228 Å². The first-order valence-electron chi connectivity index (χ1n) is 13.7. The molecule has 0 atom stereocenters. The first-order chi connectivity index (χ1) is 18.6. The van der Waals surface area contributed by atoms with Crippen molar-refractivity contribution in [3.05, 3.63) is 112 Å². The van der Waals surface area contributed by atoms with E-state index in [4.69, 9.17) is 0 Å². The number of piperidine rings is 2. The summed E-state index contributed by atoms with van der Waals surface area (Å²) < 4.78 is 15.0. The Morgan fingerprint density at radius 1 is 0.789 bits per heavy atom. The summed E-state index contributed by atoms with van der Waals surface area (Å²) in [6.45, 7) is 4.54. The van der Waals surface area contributed by atoms with Crippen molar-refractivity contribution in [2.24, 2.45) is 0 Å². The Bertz CT molecular complexity index is 1420. The summed E-state index contributed by atoms with van der Waals surface area (Å²) >= 11 is 1.82. The van der Waals surface area contributed by atoms with Crippen molar-refractivity contribution in [2.45, 2.75) is 38.6 Å². The van der Waals surface area contributed by atoms with Crippen LogP contribution in [-0.4, -0.2) is 41.9 Å². The van der Waals surface area contributed by atoms with Gasteiger partial charge in [0.2, 0.25) is 0 Å². The number of hydrogen-bond donors (Lipinski definition) is 0. The number of likely N-dealkylation sites (tertiary alicyclic amines) is 2. The fourth-order valence-corrected chi connectivity index (χ4v) is 6.99. The van der Waals surface area contributed by atoms with Gasteiger partial charge in [0.05, 0.1) is 0 Å². The zero-order valence-electron chi connectivity index (χ0n) is 21.7. The molecule has 194 valence electrons. The van der Waals surface area contributed by atoms with Gasteiger partial charge in [0.25, 0.3) is 5.91 Å². The first kappa shape index (κ1) is 25.0. The molecule has 0 radical (unpaired) electrons. The van der Waals surface area contributed by atoms with E-state index in [9.17, 15) is 9.18 Å². The van der Waals surface area contributed by atoms with Crippen LogP contribution in [-0.2, 0) is 6.54 Å². The van der Waals surface area contributed by atoms with Gasteiger partial charge < -0.3 is 4.90 Å². The molecule has 5 heteroatoms. The Balaban J connectivity index is 1.20. The van der Waals surface area contributed by atoms with Crippen LogP contribution in [0.5, 0.6) is 0 Å². The lowest BCUT2D eigenvalue weighted by Gasteiger charge is -2.30. The molecule has 2 aliphatic heterocycles. The van der Waals surface area contributed by atoms with Crippen molar-refractivity contribution in [1.29, 1.82) is 0 Å². The van der Waals surface area contributed by atoms with E-state index in [1.54, 1.807) is 12.1 Å². The van der Waals surface area contributed by atoms with E-state index in [2.05, 4.69) is 47.4 Å². The molecule has 0 bridgehead atoms. The largest absolute Gasteiger partial charge is 0.339 e. The van der Waals surface area contributed by atoms with Gasteiger partial charge in [0.15, 0.2) is 0 Å². The fourth-order valence-electron chi connectivity index (χ4n) is 5.81. The summed E-state index contributed by atoms with van der Waals surface area (Å²) in [6, 6.07) is 25.9. The number of nitrogens with zero attached hydrogens (tertiary/aromatic N) is 2. The van der Waals surface area contributed by atoms with Gasteiger partial charge in [0, 0.05) is 47.9 Å². The van der Waals surface area contributed by atoms with E-state index in [0.717, 1.165) is 69.5 Å². The van der Waals surface area contributed by atoms with Crippen molar-refractivity contribution in [3.8, 4) is 0 Å². The number of benzene rings is 3. The number of carbonyl (C=O) groups excluding carboxylic acids is 1. The third-order valence-corrected chi connectivity index (χ3v) is 8.97. The smallest absolute Gasteiger partial charge is 0.253 e. The van der Waals surface area contributed by atoms with Gasteiger partial charge in [-0.1, -0.05) is 48.0 Å². The quantitative estimate of drug-likeness (QED) is 0.266. The third-order valence-electron chi connectivity index (χ3n) is 7.84. The number of halogens is 1. The molecule has 0 spiro atoms. The van der Waals surface area contributed by atoms with Crippen LogP contribution in [0.1, 0.15) is 58.5 Å². The minimum absolute atomic E-state index is 0.169. The number of carbonyl (C=O) groups is 1. The van der Waals surface area contributed by atoms with Gasteiger partial charge in [-0.25, -0.2) is 4.39 Å². The number of thiophene rings is 1. The number of rotatable bonds is 5. The molecule has 2 fully saturated rings. The van der Waals surface area contributed by atoms with Crippen molar-refractivity contribution in [3.63, 3.8) is 0 Å². The zero-order chi connectivity index (χ0) is 25.9. The topological polar surface area (TPSA) is 23.6 Å². The zero-order valence-corrected chi connectivity index (χ0v) is 22.5. The Hall–Kier alpha value is -3.28. The van der Waals surface area contributed by atoms with Crippen molar-refractivity contribution < 1.29 is 9.18 Å². The Morgan fingerprint density at radius 2 is 1.55 bits per heavy atom. The Morgan fingerprint density at radius 3 is 2.32 bits per heavy atom. The van der Waals surface area contributed by atoms with Crippen LogP contribution in [0.25, 0.3) is 15.7 Å². The first-order valence-corrected chi connectivity index (χ1v) is 14.5. The van der Waals surface area contributed by atoms with Crippen LogP contribution in [0.15, 0.2) is 84.4 Å².